The molecule has 1 aromatic heterocycles. The van der Waals surface area contributed by atoms with Gasteiger partial charge in [0, 0.05) is 0 Å². The summed E-state index contributed by atoms with van der Waals surface area (Å²) in [5, 5.41) is 30.1. The van der Waals surface area contributed by atoms with E-state index in [-0.39, 0.29) is 11.5 Å². The van der Waals surface area contributed by atoms with E-state index in [1.54, 1.807) is 48.5 Å². The van der Waals surface area contributed by atoms with Crippen LogP contribution in [0.4, 0.5) is 22.9 Å². The van der Waals surface area contributed by atoms with Crippen molar-refractivity contribution in [3.63, 3.8) is 0 Å². The first kappa shape index (κ1) is 22.4. The van der Waals surface area contributed by atoms with Crippen molar-refractivity contribution in [1.29, 1.82) is 0 Å². The number of hydrogen-bond acceptors (Lipinski definition) is 10. The molecule has 12 heteroatoms. The monoisotopic (exact) mass is 456 g/mol. The number of nitrogens with one attached hydrogen (secondary N) is 5. The van der Waals surface area contributed by atoms with Crippen molar-refractivity contribution in [2.75, 3.05) is 28.3 Å². The van der Waals surface area contributed by atoms with Crippen LogP contribution in [-0.2, 0) is 4.74 Å². The predicted octanol–water partition coefficient (Wildman–Crippen LogP) is 0.0261. The van der Waals surface area contributed by atoms with E-state index in [0.29, 0.717) is 11.4 Å². The Morgan fingerprint density at radius 2 is 1.42 bits per heavy atom. The summed E-state index contributed by atoms with van der Waals surface area (Å²) in [5.41, 5.74) is 10.9. The number of aliphatic hydroxyl groups is 3. The van der Waals surface area contributed by atoms with Crippen molar-refractivity contribution in [1.82, 2.24) is 9.55 Å². The molecule has 0 spiro atoms. The predicted molar refractivity (Wildman–Crippen MR) is 122 cm³/mol. The molecule has 12 nitrogen and oxygen atoms in total. The molecule has 2 aromatic carbocycles. The lowest BCUT2D eigenvalue weighted by atomic mass is 10.1. The van der Waals surface area contributed by atoms with Crippen LogP contribution in [0.25, 0.3) is 0 Å². The summed E-state index contributed by atoms with van der Waals surface area (Å²) in [4.78, 5) is 27.7. The summed E-state index contributed by atoms with van der Waals surface area (Å²) >= 11 is 0. The zero-order chi connectivity index (χ0) is 23.4. The number of ether oxygens (including phenoxy) is 1. The van der Waals surface area contributed by atoms with E-state index in [1.165, 1.54) is 0 Å². The summed E-state index contributed by atoms with van der Waals surface area (Å²) in [7, 11) is 0. The molecule has 8 N–H and O–H groups in total. The van der Waals surface area contributed by atoms with Gasteiger partial charge in [-0.3, -0.25) is 26.1 Å². The van der Waals surface area contributed by atoms with Gasteiger partial charge in [0.15, 0.2) is 17.7 Å². The molecule has 1 aliphatic heterocycles. The summed E-state index contributed by atoms with van der Waals surface area (Å²) < 4.78 is 6.48. The molecule has 174 valence electrons. The molecule has 3 aromatic rings. The minimum absolute atomic E-state index is 0.0779. The Kier molecular flexibility index (Phi) is 6.60. The van der Waals surface area contributed by atoms with E-state index in [9.17, 15) is 24.9 Å². The second-order valence-electron chi connectivity index (χ2n) is 7.31. The van der Waals surface area contributed by atoms with Crippen LogP contribution >= 0.6 is 0 Å². The van der Waals surface area contributed by atoms with Gasteiger partial charge < -0.3 is 25.5 Å². The first-order valence-electron chi connectivity index (χ1n) is 10.1. The molecule has 1 saturated heterocycles. The molecule has 0 bridgehead atoms. The quantitative estimate of drug-likeness (QED) is 0.216. The number of nitrogens with zero attached hydrogens (tertiary/aromatic N) is 1. The molecular formula is C21H24N6O6. The van der Waals surface area contributed by atoms with Gasteiger partial charge in [0.2, 0.25) is 0 Å². The Morgan fingerprint density at radius 3 is 1.97 bits per heavy atom. The number of aromatic amines is 1. The smallest absolute Gasteiger partial charge is 0.332 e. The van der Waals surface area contributed by atoms with Crippen LogP contribution in [0.1, 0.15) is 6.23 Å². The Morgan fingerprint density at radius 1 is 0.848 bits per heavy atom. The number of aliphatic hydroxyl groups excluding tert-OH is 3. The molecule has 2 heterocycles. The zero-order valence-electron chi connectivity index (χ0n) is 17.3. The van der Waals surface area contributed by atoms with E-state index < -0.39 is 42.4 Å². The Hall–Kier alpha value is -3.84. The molecule has 0 radical (unpaired) electrons. The summed E-state index contributed by atoms with van der Waals surface area (Å²) in [5.74, 6) is -0.0779. The second-order valence-corrected chi connectivity index (χ2v) is 7.31. The number of rotatable bonds is 8. The van der Waals surface area contributed by atoms with Gasteiger partial charge in [-0.15, -0.1) is 0 Å². The average Bonchev–Trinajstić information content (AvgIpc) is 3.11. The van der Waals surface area contributed by atoms with E-state index in [0.717, 1.165) is 4.57 Å². The third-order valence-corrected chi connectivity index (χ3v) is 5.12. The topological polar surface area (TPSA) is 173 Å². The molecule has 1 aliphatic rings. The molecule has 1 fully saturated rings. The summed E-state index contributed by atoms with van der Waals surface area (Å²) in [6, 6.07) is 17.9. The van der Waals surface area contributed by atoms with Crippen molar-refractivity contribution < 1.29 is 20.1 Å². The fourth-order valence-corrected chi connectivity index (χ4v) is 3.43. The van der Waals surface area contributed by atoms with E-state index in [4.69, 9.17) is 4.74 Å². The van der Waals surface area contributed by atoms with Crippen molar-refractivity contribution in [2.45, 2.75) is 24.5 Å². The zero-order valence-corrected chi connectivity index (χ0v) is 17.3. The number of H-pyrrole nitrogens is 1. The minimum Gasteiger partial charge on any atom is -0.394 e. The minimum atomic E-state index is -1.54. The Labute approximate surface area is 187 Å². The molecule has 0 saturated carbocycles. The molecule has 0 amide bonds. The number of para-hydroxylation sites is 2. The number of hydrogen-bond donors (Lipinski definition) is 8. The van der Waals surface area contributed by atoms with E-state index in [2.05, 4.69) is 26.7 Å². The fourth-order valence-electron chi connectivity index (χ4n) is 3.43. The van der Waals surface area contributed by atoms with E-state index >= 15 is 0 Å². The Bertz CT molecular complexity index is 1190. The normalized spacial score (nSPS) is 22.0. The highest BCUT2D eigenvalue weighted by molar-refractivity contribution is 5.68. The van der Waals surface area contributed by atoms with Crippen LogP contribution in [0.15, 0.2) is 70.3 Å². The van der Waals surface area contributed by atoms with Gasteiger partial charge in [-0.2, -0.15) is 0 Å². The lowest BCUT2D eigenvalue weighted by molar-refractivity contribution is -0.0538. The van der Waals surface area contributed by atoms with Gasteiger partial charge in [0.25, 0.3) is 5.56 Å². The fraction of sp³-hybridized carbons (Fsp3) is 0.238. The summed E-state index contributed by atoms with van der Waals surface area (Å²) in [6.07, 6.45) is -5.48. The Balaban J connectivity index is 1.75. The standard InChI is InChI=1S/C21H24N6O6/c28-11-14-16(29)17(30)20(33-14)27-18(26-24-13-9-5-2-6-10-13)15(19(31)22-21(27)32)25-23-12-7-3-1-4-8-12/h1-10,14,16-17,20,23-26,28-30H,11H2,(H,22,31,32). The number of anilines is 4. The SMILES string of the molecule is O=c1[nH]c(=O)n(C2OC(CO)C(O)C2O)c(NNc2ccccc2)c1NNc1ccccc1. The first-order valence-corrected chi connectivity index (χ1v) is 10.1. The van der Waals surface area contributed by atoms with Crippen LogP contribution in [-0.4, -0.2) is 49.8 Å². The van der Waals surface area contributed by atoms with Gasteiger partial charge in [0.1, 0.15) is 18.3 Å². The lowest BCUT2D eigenvalue weighted by Gasteiger charge is -2.24. The van der Waals surface area contributed by atoms with Crippen molar-refractivity contribution in [3.05, 3.63) is 81.5 Å². The van der Waals surface area contributed by atoms with Gasteiger partial charge in [-0.05, 0) is 24.3 Å². The maximum Gasteiger partial charge on any atom is 0.332 e. The van der Waals surface area contributed by atoms with Crippen LogP contribution in [0, 0.1) is 0 Å². The number of hydrazine groups is 2. The van der Waals surface area contributed by atoms with Gasteiger partial charge in [0.05, 0.1) is 18.0 Å². The van der Waals surface area contributed by atoms with Crippen molar-refractivity contribution >= 4 is 22.9 Å². The molecule has 0 aliphatic carbocycles. The average molecular weight is 456 g/mol. The lowest BCUT2D eigenvalue weighted by Crippen LogP contribution is -2.41. The molecule has 4 atom stereocenters. The molecule has 4 unspecified atom stereocenters. The highest BCUT2D eigenvalue weighted by Gasteiger charge is 2.45. The van der Waals surface area contributed by atoms with E-state index in [1.807, 2.05) is 12.1 Å². The molecule has 33 heavy (non-hydrogen) atoms. The third kappa shape index (κ3) is 4.68. The number of benzene rings is 2. The van der Waals surface area contributed by atoms with Crippen LogP contribution < -0.4 is 33.0 Å². The molecule has 4 rings (SSSR count). The first-order chi connectivity index (χ1) is 16.0. The second kappa shape index (κ2) is 9.75. The highest BCUT2D eigenvalue weighted by atomic mass is 16.6. The molecular weight excluding hydrogens is 432 g/mol. The van der Waals surface area contributed by atoms with Gasteiger partial charge >= 0.3 is 5.69 Å². The van der Waals surface area contributed by atoms with Gasteiger partial charge in [-0.1, -0.05) is 36.4 Å². The maximum atomic E-state index is 12.8. The summed E-state index contributed by atoms with van der Waals surface area (Å²) in [6.45, 7) is -0.571. The van der Waals surface area contributed by atoms with Gasteiger partial charge in [-0.25, -0.2) is 9.36 Å². The van der Waals surface area contributed by atoms with Crippen molar-refractivity contribution in [3.8, 4) is 0 Å². The highest BCUT2D eigenvalue weighted by Crippen LogP contribution is 2.32. The van der Waals surface area contributed by atoms with Crippen molar-refractivity contribution in [2.24, 2.45) is 0 Å². The number of aromatic nitrogens is 2. The third-order valence-electron chi connectivity index (χ3n) is 5.12. The maximum absolute atomic E-state index is 12.8. The largest absolute Gasteiger partial charge is 0.394 e. The van der Waals surface area contributed by atoms with Crippen LogP contribution in [0.5, 0.6) is 0 Å². The van der Waals surface area contributed by atoms with Crippen LogP contribution in [0.3, 0.4) is 0 Å². The van der Waals surface area contributed by atoms with Crippen LogP contribution in [0.2, 0.25) is 0 Å².